The summed E-state index contributed by atoms with van der Waals surface area (Å²) in [7, 11) is 0. The number of rotatable bonds is 6. The molecule has 0 radical (unpaired) electrons. The fourth-order valence-electron chi connectivity index (χ4n) is 3.43. The second kappa shape index (κ2) is 7.60. The van der Waals surface area contributed by atoms with Crippen LogP contribution >= 0.6 is 0 Å². The first-order valence-corrected chi connectivity index (χ1v) is 9.49. The molecule has 0 atom stereocenters. The molecule has 0 fully saturated rings. The highest BCUT2D eigenvalue weighted by molar-refractivity contribution is 5.95. The van der Waals surface area contributed by atoms with Gasteiger partial charge in [-0.2, -0.15) is 0 Å². The lowest BCUT2D eigenvalue weighted by atomic mass is 10.1. The number of nitrogens with zero attached hydrogens (tertiary/aromatic N) is 1. The van der Waals surface area contributed by atoms with E-state index in [2.05, 4.69) is 4.99 Å². The van der Waals surface area contributed by atoms with Gasteiger partial charge in [-0.15, -0.1) is 0 Å². The van der Waals surface area contributed by atoms with E-state index in [1.54, 1.807) is 6.07 Å². The summed E-state index contributed by atoms with van der Waals surface area (Å²) in [4.78, 5) is 16.7. The van der Waals surface area contributed by atoms with Gasteiger partial charge in [0.05, 0.1) is 17.7 Å². The molecule has 1 aromatic heterocycles. The van der Waals surface area contributed by atoms with E-state index in [-0.39, 0.29) is 12.5 Å². The summed E-state index contributed by atoms with van der Waals surface area (Å²) in [6.45, 7) is 1.70. The van der Waals surface area contributed by atoms with Crippen molar-refractivity contribution in [3.63, 3.8) is 0 Å². The summed E-state index contributed by atoms with van der Waals surface area (Å²) in [6, 6.07) is 13.1. The number of aliphatic imine (C=N–C) groups is 1. The maximum absolute atomic E-state index is 12.2. The van der Waals surface area contributed by atoms with Gasteiger partial charge in [-0.25, -0.2) is 9.79 Å². The van der Waals surface area contributed by atoms with E-state index < -0.39 is 5.63 Å². The van der Waals surface area contributed by atoms with Crippen LogP contribution in [0.3, 0.4) is 0 Å². The molecule has 7 heteroatoms. The average molecular weight is 393 g/mol. The monoisotopic (exact) mass is 393 g/mol. The van der Waals surface area contributed by atoms with Crippen molar-refractivity contribution in [2.75, 3.05) is 20.0 Å². The minimum absolute atomic E-state index is 0.242. The number of hydrogen-bond acceptors (Lipinski definition) is 7. The van der Waals surface area contributed by atoms with Crippen molar-refractivity contribution in [1.82, 2.24) is 0 Å². The molecule has 0 N–H and O–H groups in total. The maximum Gasteiger partial charge on any atom is 0.366 e. The molecule has 2 aliphatic heterocycles. The zero-order chi connectivity index (χ0) is 19.6. The van der Waals surface area contributed by atoms with Gasteiger partial charge in [-0.1, -0.05) is 18.2 Å². The molecule has 3 heterocycles. The molecule has 148 valence electrons. The van der Waals surface area contributed by atoms with Crippen molar-refractivity contribution in [2.24, 2.45) is 4.99 Å². The molecule has 2 aromatic carbocycles. The van der Waals surface area contributed by atoms with Gasteiger partial charge in [-0.05, 0) is 42.7 Å². The molecule has 3 aromatic rings. The third kappa shape index (κ3) is 3.56. The van der Waals surface area contributed by atoms with Gasteiger partial charge in [-0.3, -0.25) is 0 Å². The smallest absolute Gasteiger partial charge is 0.366 e. The van der Waals surface area contributed by atoms with Gasteiger partial charge in [0.15, 0.2) is 22.9 Å². The molecule has 5 rings (SSSR count). The lowest BCUT2D eigenvalue weighted by Crippen LogP contribution is -2.18. The maximum atomic E-state index is 12.2. The quantitative estimate of drug-likeness (QED) is 0.466. The van der Waals surface area contributed by atoms with Gasteiger partial charge in [0.25, 0.3) is 0 Å². The first-order chi connectivity index (χ1) is 14.3. The van der Waals surface area contributed by atoms with Crippen LogP contribution in [0.4, 0.5) is 5.69 Å². The summed E-state index contributed by atoms with van der Waals surface area (Å²) < 4.78 is 27.6. The molecular weight excluding hydrogens is 374 g/mol. The number of hydrogen-bond donors (Lipinski definition) is 0. The Bertz CT molecular complexity index is 1150. The molecule has 0 spiro atoms. The zero-order valence-electron chi connectivity index (χ0n) is 15.7. The average Bonchev–Trinajstić information content (AvgIpc) is 3.22. The third-order valence-corrected chi connectivity index (χ3v) is 4.86. The SMILES string of the molecule is O=c1oc2ccccc2c2c1N=C(CCCOCc1ccc3c(c1)OCO3)CO2. The van der Waals surface area contributed by atoms with Gasteiger partial charge in [0.2, 0.25) is 6.79 Å². The van der Waals surface area contributed by atoms with Crippen LogP contribution in [0.2, 0.25) is 0 Å². The number of ether oxygens (including phenoxy) is 4. The Morgan fingerprint density at radius 3 is 2.90 bits per heavy atom. The Morgan fingerprint density at radius 1 is 1.03 bits per heavy atom. The Kier molecular flexibility index (Phi) is 4.65. The van der Waals surface area contributed by atoms with Gasteiger partial charge in [0, 0.05) is 6.61 Å². The van der Waals surface area contributed by atoms with Crippen molar-refractivity contribution >= 4 is 22.4 Å². The van der Waals surface area contributed by atoms with E-state index >= 15 is 0 Å². The highest BCUT2D eigenvalue weighted by Crippen LogP contribution is 2.35. The van der Waals surface area contributed by atoms with E-state index in [1.165, 1.54) is 0 Å². The standard InChI is InChI=1S/C22H19NO6/c24-22-20-21(16-5-1-2-6-17(16)29-22)26-12-15(23-20)4-3-9-25-11-14-7-8-18-19(10-14)28-13-27-18/h1-2,5-8,10H,3-4,9,11-13H2. The Balaban J connectivity index is 1.18. The molecule has 7 nitrogen and oxygen atoms in total. The highest BCUT2D eigenvalue weighted by atomic mass is 16.7. The first kappa shape index (κ1) is 17.8. The van der Waals surface area contributed by atoms with Crippen molar-refractivity contribution in [3.05, 3.63) is 58.4 Å². The highest BCUT2D eigenvalue weighted by Gasteiger charge is 2.21. The van der Waals surface area contributed by atoms with Crippen molar-refractivity contribution in [1.29, 1.82) is 0 Å². The molecule has 0 unspecified atom stereocenters. The Labute approximate surface area is 166 Å². The molecular formula is C22H19NO6. The number of para-hydroxylation sites is 1. The Hall–Kier alpha value is -3.32. The normalized spacial score (nSPS) is 14.4. The molecule has 2 aliphatic rings. The Morgan fingerprint density at radius 2 is 1.93 bits per heavy atom. The topological polar surface area (TPSA) is 79.5 Å². The molecule has 0 bridgehead atoms. The van der Waals surface area contributed by atoms with Crippen LogP contribution < -0.4 is 19.8 Å². The largest absolute Gasteiger partial charge is 0.484 e. The predicted molar refractivity (Wildman–Crippen MR) is 107 cm³/mol. The van der Waals surface area contributed by atoms with Crippen molar-refractivity contribution in [3.8, 4) is 17.2 Å². The summed E-state index contributed by atoms with van der Waals surface area (Å²) >= 11 is 0. The minimum Gasteiger partial charge on any atom is -0.484 e. The summed E-state index contributed by atoms with van der Waals surface area (Å²) in [5, 5.41) is 0.761. The van der Waals surface area contributed by atoms with Crippen LogP contribution in [0.5, 0.6) is 17.2 Å². The van der Waals surface area contributed by atoms with Gasteiger partial charge >= 0.3 is 5.63 Å². The van der Waals surface area contributed by atoms with Crippen molar-refractivity contribution < 1.29 is 23.4 Å². The fraction of sp³-hybridized carbons (Fsp3) is 0.273. The molecule has 0 saturated carbocycles. The predicted octanol–water partition coefficient (Wildman–Crippen LogP) is 3.98. The van der Waals surface area contributed by atoms with Gasteiger partial charge < -0.3 is 23.4 Å². The van der Waals surface area contributed by atoms with E-state index in [9.17, 15) is 4.79 Å². The summed E-state index contributed by atoms with van der Waals surface area (Å²) in [5.41, 5.74) is 2.12. The minimum atomic E-state index is -0.477. The molecule has 0 aliphatic carbocycles. The van der Waals surface area contributed by atoms with E-state index in [4.69, 9.17) is 23.4 Å². The van der Waals surface area contributed by atoms with Crippen LogP contribution in [-0.2, 0) is 11.3 Å². The second-order valence-corrected chi connectivity index (χ2v) is 6.87. The number of fused-ring (bicyclic) bond motifs is 4. The number of benzene rings is 2. The van der Waals surface area contributed by atoms with E-state index in [0.717, 1.165) is 34.6 Å². The van der Waals surface area contributed by atoms with Crippen LogP contribution in [0.15, 0.2) is 56.7 Å². The molecule has 0 saturated heterocycles. The summed E-state index contributed by atoms with van der Waals surface area (Å²) in [5.74, 6) is 2.02. The first-order valence-electron chi connectivity index (χ1n) is 9.49. The second-order valence-electron chi connectivity index (χ2n) is 6.87. The fourth-order valence-corrected chi connectivity index (χ4v) is 3.43. The lowest BCUT2D eigenvalue weighted by Gasteiger charge is -2.17. The zero-order valence-corrected chi connectivity index (χ0v) is 15.7. The summed E-state index contributed by atoms with van der Waals surface area (Å²) in [6.07, 6.45) is 1.47. The van der Waals surface area contributed by atoms with Crippen molar-refractivity contribution in [2.45, 2.75) is 19.4 Å². The third-order valence-electron chi connectivity index (χ3n) is 4.86. The van der Waals surface area contributed by atoms with E-state index in [0.29, 0.717) is 37.6 Å². The van der Waals surface area contributed by atoms with Crippen LogP contribution in [-0.4, -0.2) is 25.7 Å². The molecule has 29 heavy (non-hydrogen) atoms. The van der Waals surface area contributed by atoms with Crippen LogP contribution in [0.25, 0.3) is 11.0 Å². The van der Waals surface area contributed by atoms with Crippen LogP contribution in [0, 0.1) is 0 Å². The lowest BCUT2D eigenvalue weighted by molar-refractivity contribution is 0.119. The molecule has 0 amide bonds. The van der Waals surface area contributed by atoms with E-state index in [1.807, 2.05) is 36.4 Å². The van der Waals surface area contributed by atoms with Crippen LogP contribution in [0.1, 0.15) is 18.4 Å². The van der Waals surface area contributed by atoms with Gasteiger partial charge in [0.1, 0.15) is 12.2 Å².